The predicted octanol–water partition coefficient (Wildman–Crippen LogP) is 2.81. The molecule has 104 valence electrons. The second kappa shape index (κ2) is 6.91. The normalized spacial score (nSPS) is 11.7. The summed E-state index contributed by atoms with van der Waals surface area (Å²) in [7, 11) is 1.67. The van der Waals surface area contributed by atoms with Crippen molar-refractivity contribution in [3.63, 3.8) is 0 Å². The third kappa shape index (κ3) is 3.96. The molecule has 0 aliphatic carbocycles. The summed E-state index contributed by atoms with van der Waals surface area (Å²) in [5.41, 5.74) is 7.96. The zero-order chi connectivity index (χ0) is 14.4. The number of nitrogens with two attached hydrogens (primary N) is 1. The number of nitrogens with one attached hydrogen (secondary N) is 1. The van der Waals surface area contributed by atoms with Crippen molar-refractivity contribution in [2.75, 3.05) is 7.11 Å². The van der Waals surface area contributed by atoms with Crippen molar-refractivity contribution in [2.45, 2.75) is 12.5 Å². The maximum atomic E-state index is 5.64. The summed E-state index contributed by atoms with van der Waals surface area (Å²) in [4.78, 5) is 0. The van der Waals surface area contributed by atoms with Gasteiger partial charge in [-0.1, -0.05) is 42.5 Å². The van der Waals surface area contributed by atoms with Crippen LogP contribution in [0.3, 0.4) is 0 Å². The Morgan fingerprint density at radius 3 is 2.60 bits per heavy atom. The van der Waals surface area contributed by atoms with E-state index in [1.807, 2.05) is 36.4 Å². The first-order valence-corrected chi connectivity index (χ1v) is 6.83. The number of benzene rings is 2. The molecule has 1 atom stereocenters. The second-order valence-electron chi connectivity index (χ2n) is 4.53. The van der Waals surface area contributed by atoms with Crippen LogP contribution >= 0.6 is 12.2 Å². The smallest absolute Gasteiger partial charge is 0.164 e. The first-order chi connectivity index (χ1) is 9.69. The molecule has 0 aromatic heterocycles. The Balaban J connectivity index is 2.21. The van der Waals surface area contributed by atoms with Gasteiger partial charge in [-0.25, -0.2) is 0 Å². The monoisotopic (exact) mass is 286 g/mol. The minimum absolute atomic E-state index is 0.0563. The zero-order valence-corrected chi connectivity index (χ0v) is 12.2. The van der Waals surface area contributed by atoms with Crippen molar-refractivity contribution in [3.8, 4) is 5.75 Å². The summed E-state index contributed by atoms with van der Waals surface area (Å²) in [5.74, 6) is 0.852. The maximum Gasteiger partial charge on any atom is 0.164 e. The van der Waals surface area contributed by atoms with Crippen LogP contribution in [0.25, 0.3) is 0 Å². The number of methoxy groups -OCH3 is 1. The molecule has 0 heterocycles. The lowest BCUT2D eigenvalue weighted by atomic mass is 9.99. The molecule has 2 aromatic rings. The standard InChI is InChI=1S/C16H18N2OS/c1-19-14-9-5-6-12(10-14)11-15(18-16(17)20)13-7-3-2-4-8-13/h2-10,15H,11H2,1H3,(H3,17,18,20). The van der Waals surface area contributed by atoms with Crippen LogP contribution in [0.1, 0.15) is 17.2 Å². The molecule has 0 saturated heterocycles. The van der Waals surface area contributed by atoms with Gasteiger partial charge in [-0.2, -0.15) is 0 Å². The Bertz CT molecular complexity index is 572. The molecule has 20 heavy (non-hydrogen) atoms. The van der Waals surface area contributed by atoms with E-state index in [2.05, 4.69) is 23.5 Å². The molecular weight excluding hydrogens is 268 g/mol. The van der Waals surface area contributed by atoms with E-state index in [1.165, 1.54) is 5.56 Å². The molecule has 0 bridgehead atoms. The van der Waals surface area contributed by atoms with E-state index in [1.54, 1.807) is 7.11 Å². The SMILES string of the molecule is COc1cccc(CC(NC(N)=S)c2ccccc2)c1. The van der Waals surface area contributed by atoms with E-state index < -0.39 is 0 Å². The molecule has 0 fully saturated rings. The molecule has 3 nitrogen and oxygen atoms in total. The Labute approximate surface area is 124 Å². The van der Waals surface area contributed by atoms with Gasteiger partial charge in [0.25, 0.3) is 0 Å². The summed E-state index contributed by atoms with van der Waals surface area (Å²) in [6, 6.07) is 18.2. The molecule has 0 amide bonds. The molecule has 0 radical (unpaired) electrons. The van der Waals surface area contributed by atoms with Gasteiger partial charge < -0.3 is 15.8 Å². The average molecular weight is 286 g/mol. The van der Waals surface area contributed by atoms with Crippen LogP contribution in [0, 0.1) is 0 Å². The molecule has 0 aliphatic rings. The van der Waals surface area contributed by atoms with Crippen molar-refractivity contribution in [3.05, 3.63) is 65.7 Å². The van der Waals surface area contributed by atoms with Crippen LogP contribution in [-0.4, -0.2) is 12.2 Å². The molecule has 0 aliphatic heterocycles. The van der Waals surface area contributed by atoms with Crippen molar-refractivity contribution >= 4 is 17.3 Å². The fourth-order valence-corrected chi connectivity index (χ4v) is 2.29. The summed E-state index contributed by atoms with van der Waals surface area (Å²) < 4.78 is 5.25. The second-order valence-corrected chi connectivity index (χ2v) is 4.97. The topological polar surface area (TPSA) is 47.3 Å². The summed E-state index contributed by atoms with van der Waals surface area (Å²) in [6.07, 6.45) is 0.790. The van der Waals surface area contributed by atoms with Gasteiger partial charge in [0, 0.05) is 0 Å². The van der Waals surface area contributed by atoms with Crippen molar-refractivity contribution in [1.29, 1.82) is 0 Å². The Hall–Kier alpha value is -2.07. The lowest BCUT2D eigenvalue weighted by Crippen LogP contribution is -2.34. The Morgan fingerprint density at radius 2 is 1.95 bits per heavy atom. The van der Waals surface area contributed by atoms with Crippen LogP contribution in [0.5, 0.6) is 5.75 Å². The Morgan fingerprint density at radius 1 is 1.20 bits per heavy atom. The molecule has 4 heteroatoms. The largest absolute Gasteiger partial charge is 0.497 e. The highest BCUT2D eigenvalue weighted by molar-refractivity contribution is 7.80. The average Bonchev–Trinajstić information content (AvgIpc) is 2.47. The molecule has 3 N–H and O–H groups in total. The fraction of sp³-hybridized carbons (Fsp3) is 0.188. The van der Waals surface area contributed by atoms with Crippen LogP contribution in [0.15, 0.2) is 54.6 Å². The third-order valence-corrected chi connectivity index (χ3v) is 3.21. The Kier molecular flexibility index (Phi) is 4.96. The van der Waals surface area contributed by atoms with Gasteiger partial charge in [-0.3, -0.25) is 0 Å². The molecule has 0 saturated carbocycles. The highest BCUT2D eigenvalue weighted by atomic mass is 32.1. The minimum atomic E-state index is 0.0563. The van der Waals surface area contributed by atoms with Crippen LogP contribution in [0.4, 0.5) is 0 Å². The van der Waals surface area contributed by atoms with E-state index in [9.17, 15) is 0 Å². The quantitative estimate of drug-likeness (QED) is 0.830. The first kappa shape index (κ1) is 14.3. The van der Waals surface area contributed by atoms with Crippen LogP contribution in [-0.2, 0) is 6.42 Å². The predicted molar refractivity (Wildman–Crippen MR) is 85.8 cm³/mol. The molecule has 1 unspecified atom stereocenters. The minimum Gasteiger partial charge on any atom is -0.497 e. The number of rotatable bonds is 5. The van der Waals surface area contributed by atoms with Gasteiger partial charge in [0.2, 0.25) is 0 Å². The zero-order valence-electron chi connectivity index (χ0n) is 11.4. The van der Waals surface area contributed by atoms with Crippen LogP contribution < -0.4 is 15.8 Å². The first-order valence-electron chi connectivity index (χ1n) is 6.43. The summed E-state index contributed by atoms with van der Waals surface area (Å²) >= 11 is 4.98. The van der Waals surface area contributed by atoms with Crippen molar-refractivity contribution in [1.82, 2.24) is 5.32 Å². The van der Waals surface area contributed by atoms with Gasteiger partial charge in [0.15, 0.2) is 5.11 Å². The van der Waals surface area contributed by atoms with E-state index in [-0.39, 0.29) is 6.04 Å². The van der Waals surface area contributed by atoms with Crippen LogP contribution in [0.2, 0.25) is 0 Å². The lowest BCUT2D eigenvalue weighted by Gasteiger charge is -2.19. The number of hydrogen-bond donors (Lipinski definition) is 2. The van der Waals surface area contributed by atoms with Gasteiger partial charge in [-0.15, -0.1) is 0 Å². The maximum absolute atomic E-state index is 5.64. The fourth-order valence-electron chi connectivity index (χ4n) is 2.14. The molecule has 2 aromatic carbocycles. The number of hydrogen-bond acceptors (Lipinski definition) is 2. The molecular formula is C16H18N2OS. The van der Waals surface area contributed by atoms with Crippen molar-refractivity contribution < 1.29 is 4.74 Å². The number of thiocarbonyl (C=S) groups is 1. The van der Waals surface area contributed by atoms with E-state index in [0.717, 1.165) is 17.7 Å². The highest BCUT2D eigenvalue weighted by Gasteiger charge is 2.12. The highest BCUT2D eigenvalue weighted by Crippen LogP contribution is 2.21. The third-order valence-electron chi connectivity index (χ3n) is 3.09. The lowest BCUT2D eigenvalue weighted by molar-refractivity contribution is 0.414. The van der Waals surface area contributed by atoms with Gasteiger partial charge in [-0.05, 0) is 41.9 Å². The van der Waals surface area contributed by atoms with Crippen molar-refractivity contribution in [2.24, 2.45) is 5.73 Å². The molecule has 2 rings (SSSR count). The summed E-state index contributed by atoms with van der Waals surface area (Å²) in [6.45, 7) is 0. The van der Waals surface area contributed by atoms with E-state index >= 15 is 0 Å². The van der Waals surface area contributed by atoms with E-state index in [4.69, 9.17) is 22.7 Å². The number of ether oxygens (including phenoxy) is 1. The van der Waals surface area contributed by atoms with Gasteiger partial charge >= 0.3 is 0 Å². The summed E-state index contributed by atoms with van der Waals surface area (Å²) in [5, 5.41) is 3.46. The molecule has 0 spiro atoms. The van der Waals surface area contributed by atoms with E-state index in [0.29, 0.717) is 5.11 Å². The van der Waals surface area contributed by atoms with Gasteiger partial charge in [0.1, 0.15) is 5.75 Å². The van der Waals surface area contributed by atoms with Gasteiger partial charge in [0.05, 0.1) is 13.2 Å².